The van der Waals surface area contributed by atoms with Crippen LogP contribution in [0.2, 0.25) is 0 Å². The van der Waals surface area contributed by atoms with Crippen molar-refractivity contribution in [2.45, 2.75) is 69.9 Å². The van der Waals surface area contributed by atoms with Gasteiger partial charge in [-0.2, -0.15) is 0 Å². The van der Waals surface area contributed by atoms with Crippen LogP contribution in [-0.2, 0) is 12.8 Å². The molecule has 4 saturated carbocycles. The smallest absolute Gasteiger partial charge is 0.0375 e. The maximum Gasteiger partial charge on any atom is 0.0375 e. The van der Waals surface area contributed by atoms with E-state index in [9.17, 15) is 0 Å². The molecule has 0 amide bonds. The summed E-state index contributed by atoms with van der Waals surface area (Å²) >= 11 is 0. The summed E-state index contributed by atoms with van der Waals surface area (Å²) in [6.07, 6.45) is 11.4. The van der Waals surface area contributed by atoms with E-state index >= 15 is 0 Å². The highest BCUT2D eigenvalue weighted by atomic mass is 15.0. The van der Waals surface area contributed by atoms with E-state index in [1.165, 1.54) is 68.2 Å². The SMILES string of the molecule is CC1Cc2cc(CCNC34CC5CC(CC(C5)C3)C4)ccc2N1. The lowest BCUT2D eigenvalue weighted by Gasteiger charge is -2.57. The minimum absolute atomic E-state index is 0.515. The number of hydrogen-bond donors (Lipinski definition) is 2. The third kappa shape index (κ3) is 2.59. The molecule has 2 heteroatoms. The fraction of sp³-hybridized carbons (Fsp3) is 0.714. The Morgan fingerprint density at radius 3 is 2.48 bits per heavy atom. The first-order valence-electron chi connectivity index (χ1n) is 9.81. The van der Waals surface area contributed by atoms with Crippen LogP contribution in [0.1, 0.15) is 56.6 Å². The maximum absolute atomic E-state index is 4.04. The molecule has 23 heavy (non-hydrogen) atoms. The van der Waals surface area contributed by atoms with Crippen molar-refractivity contribution in [3.05, 3.63) is 29.3 Å². The molecule has 1 aliphatic heterocycles. The second-order valence-corrected chi connectivity index (χ2v) is 9.12. The molecule has 4 aliphatic carbocycles. The number of anilines is 1. The predicted molar refractivity (Wildman–Crippen MR) is 95.8 cm³/mol. The zero-order valence-corrected chi connectivity index (χ0v) is 14.4. The third-order valence-corrected chi connectivity index (χ3v) is 7.05. The molecule has 4 bridgehead atoms. The lowest BCUT2D eigenvalue weighted by molar-refractivity contribution is -0.0192. The van der Waals surface area contributed by atoms with E-state index in [0.29, 0.717) is 11.6 Å². The highest BCUT2D eigenvalue weighted by Crippen LogP contribution is 2.55. The van der Waals surface area contributed by atoms with Crippen LogP contribution >= 0.6 is 0 Å². The minimum Gasteiger partial charge on any atom is -0.382 e. The van der Waals surface area contributed by atoms with E-state index in [1.54, 1.807) is 0 Å². The van der Waals surface area contributed by atoms with Crippen LogP contribution in [0.3, 0.4) is 0 Å². The first-order valence-corrected chi connectivity index (χ1v) is 9.81. The highest BCUT2D eigenvalue weighted by molar-refractivity contribution is 5.57. The number of hydrogen-bond acceptors (Lipinski definition) is 2. The van der Waals surface area contributed by atoms with E-state index < -0.39 is 0 Å². The van der Waals surface area contributed by atoms with Crippen LogP contribution in [0.4, 0.5) is 5.69 Å². The number of fused-ring (bicyclic) bond motifs is 1. The van der Waals surface area contributed by atoms with Gasteiger partial charge in [0.05, 0.1) is 0 Å². The zero-order chi connectivity index (χ0) is 15.4. The Balaban J connectivity index is 1.22. The van der Waals surface area contributed by atoms with Gasteiger partial charge in [-0.1, -0.05) is 12.1 Å². The zero-order valence-electron chi connectivity index (χ0n) is 14.4. The average Bonchev–Trinajstić information content (AvgIpc) is 2.85. The molecule has 124 valence electrons. The van der Waals surface area contributed by atoms with E-state index in [2.05, 4.69) is 35.8 Å². The molecule has 0 radical (unpaired) electrons. The Bertz CT molecular complexity index is 571. The number of rotatable bonds is 4. The average molecular weight is 310 g/mol. The Labute approximate surface area is 140 Å². The van der Waals surface area contributed by atoms with Crippen molar-refractivity contribution >= 4 is 5.69 Å². The van der Waals surface area contributed by atoms with Gasteiger partial charge in [-0.3, -0.25) is 0 Å². The molecule has 2 N–H and O–H groups in total. The lowest BCUT2D eigenvalue weighted by atomic mass is 9.53. The first kappa shape index (κ1) is 14.3. The lowest BCUT2D eigenvalue weighted by Crippen LogP contribution is -2.58. The van der Waals surface area contributed by atoms with Crippen molar-refractivity contribution in [1.82, 2.24) is 5.32 Å². The monoisotopic (exact) mass is 310 g/mol. The molecule has 0 spiro atoms. The molecular weight excluding hydrogens is 280 g/mol. The summed E-state index contributed by atoms with van der Waals surface area (Å²) in [6.45, 7) is 3.43. The minimum atomic E-state index is 0.515. The van der Waals surface area contributed by atoms with Crippen molar-refractivity contribution in [3.8, 4) is 0 Å². The van der Waals surface area contributed by atoms with Crippen LogP contribution in [0.5, 0.6) is 0 Å². The van der Waals surface area contributed by atoms with Gasteiger partial charge < -0.3 is 10.6 Å². The van der Waals surface area contributed by atoms with Crippen molar-refractivity contribution in [2.24, 2.45) is 17.8 Å². The molecule has 0 saturated heterocycles. The summed E-state index contributed by atoms with van der Waals surface area (Å²) in [7, 11) is 0. The van der Waals surface area contributed by atoms with Crippen LogP contribution < -0.4 is 10.6 Å². The largest absolute Gasteiger partial charge is 0.382 e. The molecule has 1 heterocycles. The molecular formula is C21H30N2. The summed E-state index contributed by atoms with van der Waals surface area (Å²) in [5.41, 5.74) is 4.90. The predicted octanol–water partition coefficient (Wildman–Crippen LogP) is 4.14. The van der Waals surface area contributed by atoms with Gasteiger partial charge in [0.1, 0.15) is 0 Å². The van der Waals surface area contributed by atoms with Gasteiger partial charge in [-0.05, 0) is 99.8 Å². The van der Waals surface area contributed by atoms with Crippen molar-refractivity contribution < 1.29 is 0 Å². The van der Waals surface area contributed by atoms with Crippen LogP contribution in [0.25, 0.3) is 0 Å². The number of nitrogens with one attached hydrogen (secondary N) is 2. The molecule has 1 atom stereocenters. The Hall–Kier alpha value is -1.02. The normalized spacial score (nSPS) is 40.2. The quantitative estimate of drug-likeness (QED) is 0.873. The van der Waals surface area contributed by atoms with Gasteiger partial charge >= 0.3 is 0 Å². The summed E-state index contributed by atoms with van der Waals surface area (Å²) in [4.78, 5) is 0. The number of benzene rings is 1. The summed E-state index contributed by atoms with van der Waals surface area (Å²) in [6, 6.07) is 7.66. The molecule has 4 fully saturated rings. The van der Waals surface area contributed by atoms with Crippen molar-refractivity contribution in [2.75, 3.05) is 11.9 Å². The third-order valence-electron chi connectivity index (χ3n) is 7.05. The molecule has 6 rings (SSSR count). The summed E-state index contributed by atoms with van der Waals surface area (Å²) in [5, 5.41) is 7.59. The summed E-state index contributed by atoms with van der Waals surface area (Å²) in [5.74, 6) is 3.13. The van der Waals surface area contributed by atoms with E-state index in [0.717, 1.165) is 24.3 Å². The fourth-order valence-corrected chi connectivity index (χ4v) is 6.56. The van der Waals surface area contributed by atoms with Gasteiger partial charge in [0.2, 0.25) is 0 Å². The van der Waals surface area contributed by atoms with Crippen LogP contribution in [-0.4, -0.2) is 18.1 Å². The Morgan fingerprint density at radius 2 is 1.78 bits per heavy atom. The van der Waals surface area contributed by atoms with Crippen LogP contribution in [0, 0.1) is 17.8 Å². The van der Waals surface area contributed by atoms with Crippen LogP contribution in [0.15, 0.2) is 18.2 Å². The van der Waals surface area contributed by atoms with Gasteiger partial charge in [0.25, 0.3) is 0 Å². The van der Waals surface area contributed by atoms with Crippen molar-refractivity contribution in [1.29, 1.82) is 0 Å². The van der Waals surface area contributed by atoms with E-state index in [4.69, 9.17) is 0 Å². The Kier molecular flexibility index (Phi) is 3.27. The van der Waals surface area contributed by atoms with E-state index in [-0.39, 0.29) is 0 Å². The highest BCUT2D eigenvalue weighted by Gasteiger charge is 2.50. The van der Waals surface area contributed by atoms with Gasteiger partial charge in [0, 0.05) is 17.3 Å². The molecule has 1 aromatic rings. The molecule has 0 aromatic heterocycles. The fourth-order valence-electron chi connectivity index (χ4n) is 6.56. The summed E-state index contributed by atoms with van der Waals surface area (Å²) < 4.78 is 0. The standard InChI is InChI=1S/C21H30N2/c1-14-6-19-10-15(2-3-20(19)23-14)4-5-22-21-11-16-7-17(12-21)9-18(8-16)13-21/h2-3,10,14,16-18,22-23H,4-9,11-13H2,1H3. The van der Waals surface area contributed by atoms with Gasteiger partial charge in [-0.25, -0.2) is 0 Å². The molecule has 2 nitrogen and oxygen atoms in total. The van der Waals surface area contributed by atoms with Crippen molar-refractivity contribution in [3.63, 3.8) is 0 Å². The Morgan fingerprint density at radius 1 is 1.09 bits per heavy atom. The topological polar surface area (TPSA) is 24.1 Å². The first-order chi connectivity index (χ1) is 11.2. The van der Waals surface area contributed by atoms with Gasteiger partial charge in [0.15, 0.2) is 0 Å². The maximum atomic E-state index is 4.04. The molecule has 5 aliphatic rings. The second kappa shape index (κ2) is 5.24. The van der Waals surface area contributed by atoms with Gasteiger partial charge in [-0.15, -0.1) is 0 Å². The van der Waals surface area contributed by atoms with E-state index in [1.807, 2.05) is 0 Å². The molecule has 1 aromatic carbocycles. The molecule has 1 unspecified atom stereocenters. The second-order valence-electron chi connectivity index (χ2n) is 9.12.